The molecule has 0 aliphatic heterocycles. The molecular weight excluding hydrogens is 270 g/mol. The minimum atomic E-state index is -0.527. The first kappa shape index (κ1) is 14.8. The molecule has 0 amide bonds. The first-order valence-electron chi connectivity index (χ1n) is 6.58. The average Bonchev–Trinajstić information content (AvgIpc) is 2.47. The number of hydrogen-bond donors (Lipinski definition) is 1. The van der Waals surface area contributed by atoms with Crippen molar-refractivity contribution in [2.45, 2.75) is 20.5 Å². The van der Waals surface area contributed by atoms with Crippen LogP contribution in [-0.2, 0) is 11.3 Å². The van der Waals surface area contributed by atoms with Crippen LogP contribution in [0.1, 0.15) is 28.7 Å². The first-order valence-corrected chi connectivity index (χ1v) is 6.58. The van der Waals surface area contributed by atoms with Gasteiger partial charge in [-0.05, 0) is 26.0 Å². The molecule has 0 radical (unpaired) electrons. The summed E-state index contributed by atoms with van der Waals surface area (Å²) >= 11 is 0. The molecule has 0 bridgehead atoms. The van der Waals surface area contributed by atoms with E-state index in [2.05, 4.69) is 9.97 Å². The number of nitrogens with two attached hydrogens (primary N) is 1. The number of hydrogen-bond acceptors (Lipinski definition) is 6. The predicted octanol–water partition coefficient (Wildman–Crippen LogP) is 2.12. The van der Waals surface area contributed by atoms with E-state index in [9.17, 15) is 4.79 Å². The zero-order valence-electron chi connectivity index (χ0n) is 12.0. The number of ether oxygens (including phenoxy) is 2. The molecule has 6 nitrogen and oxygen atoms in total. The van der Waals surface area contributed by atoms with Gasteiger partial charge in [-0.2, -0.15) is 0 Å². The second kappa shape index (κ2) is 6.69. The highest BCUT2D eigenvalue weighted by molar-refractivity contribution is 5.93. The average molecular weight is 287 g/mol. The summed E-state index contributed by atoms with van der Waals surface area (Å²) in [6.45, 7) is 4.17. The van der Waals surface area contributed by atoms with Gasteiger partial charge in [-0.1, -0.05) is 17.7 Å². The number of nitrogen functional groups attached to an aromatic ring is 1. The number of benzene rings is 1. The lowest BCUT2D eigenvalue weighted by Crippen LogP contribution is -2.12. The molecule has 1 heterocycles. The van der Waals surface area contributed by atoms with Gasteiger partial charge in [0.15, 0.2) is 5.82 Å². The number of aryl methyl sites for hydroxylation is 1. The Kier molecular flexibility index (Phi) is 4.71. The lowest BCUT2D eigenvalue weighted by molar-refractivity contribution is 0.0526. The van der Waals surface area contributed by atoms with Gasteiger partial charge in [-0.25, -0.2) is 14.8 Å². The summed E-state index contributed by atoms with van der Waals surface area (Å²) in [6.07, 6.45) is 1.36. The van der Waals surface area contributed by atoms with Gasteiger partial charge in [0.05, 0.1) is 6.61 Å². The van der Waals surface area contributed by atoms with Gasteiger partial charge in [0.2, 0.25) is 0 Å². The summed E-state index contributed by atoms with van der Waals surface area (Å²) in [6, 6.07) is 7.64. The van der Waals surface area contributed by atoms with Crippen LogP contribution < -0.4 is 10.5 Å². The van der Waals surface area contributed by atoms with Crippen LogP contribution in [0.15, 0.2) is 30.5 Å². The van der Waals surface area contributed by atoms with Crippen molar-refractivity contribution in [2.75, 3.05) is 12.3 Å². The lowest BCUT2D eigenvalue weighted by Gasteiger charge is -2.08. The topological polar surface area (TPSA) is 87.3 Å². The van der Waals surface area contributed by atoms with Gasteiger partial charge >= 0.3 is 5.97 Å². The molecule has 2 N–H and O–H groups in total. The van der Waals surface area contributed by atoms with Gasteiger partial charge < -0.3 is 15.2 Å². The maximum Gasteiger partial charge on any atom is 0.343 e. The van der Waals surface area contributed by atoms with Crippen molar-refractivity contribution in [1.29, 1.82) is 0 Å². The summed E-state index contributed by atoms with van der Waals surface area (Å²) in [7, 11) is 0. The Morgan fingerprint density at radius 2 is 2.00 bits per heavy atom. The summed E-state index contributed by atoms with van der Waals surface area (Å²) in [5.41, 5.74) is 7.05. The van der Waals surface area contributed by atoms with Crippen molar-refractivity contribution in [1.82, 2.24) is 9.97 Å². The fourth-order valence-electron chi connectivity index (χ4n) is 1.65. The summed E-state index contributed by atoms with van der Waals surface area (Å²) in [5, 5.41) is 0. The molecule has 1 aromatic carbocycles. The van der Waals surface area contributed by atoms with Gasteiger partial charge in [0, 0.05) is 6.20 Å². The SMILES string of the molecule is CCOC(=O)c1cnc(COc2ccc(C)cc2)nc1N. The highest BCUT2D eigenvalue weighted by Crippen LogP contribution is 2.14. The van der Waals surface area contributed by atoms with E-state index in [1.54, 1.807) is 6.92 Å². The zero-order chi connectivity index (χ0) is 15.2. The predicted molar refractivity (Wildman–Crippen MR) is 77.9 cm³/mol. The van der Waals surface area contributed by atoms with Crippen LogP contribution in [0.25, 0.3) is 0 Å². The quantitative estimate of drug-likeness (QED) is 0.847. The molecule has 0 fully saturated rings. The molecule has 2 rings (SSSR count). The van der Waals surface area contributed by atoms with Crippen LogP contribution in [0, 0.1) is 6.92 Å². The van der Waals surface area contributed by atoms with Crippen molar-refractivity contribution in [3.63, 3.8) is 0 Å². The monoisotopic (exact) mass is 287 g/mol. The van der Waals surface area contributed by atoms with Crippen molar-refractivity contribution < 1.29 is 14.3 Å². The van der Waals surface area contributed by atoms with Crippen LogP contribution in [0.5, 0.6) is 5.75 Å². The summed E-state index contributed by atoms with van der Waals surface area (Å²) < 4.78 is 10.4. The number of anilines is 1. The number of nitrogens with zero attached hydrogens (tertiary/aromatic N) is 2. The van der Waals surface area contributed by atoms with Crippen LogP contribution in [-0.4, -0.2) is 22.5 Å². The molecule has 110 valence electrons. The molecule has 0 spiro atoms. The molecule has 1 aromatic heterocycles. The molecule has 2 aromatic rings. The second-order valence-electron chi connectivity index (χ2n) is 4.41. The number of aromatic nitrogens is 2. The second-order valence-corrected chi connectivity index (χ2v) is 4.41. The first-order chi connectivity index (χ1) is 10.1. The van der Waals surface area contributed by atoms with Gasteiger partial charge in [-0.3, -0.25) is 0 Å². The third kappa shape index (κ3) is 3.92. The molecular formula is C15H17N3O3. The maximum absolute atomic E-state index is 11.6. The molecule has 0 saturated carbocycles. The van der Waals surface area contributed by atoms with E-state index < -0.39 is 5.97 Å². The highest BCUT2D eigenvalue weighted by atomic mass is 16.5. The largest absolute Gasteiger partial charge is 0.486 e. The van der Waals surface area contributed by atoms with Crippen LogP contribution >= 0.6 is 0 Å². The molecule has 0 unspecified atom stereocenters. The van der Waals surface area contributed by atoms with Crippen LogP contribution in [0.4, 0.5) is 5.82 Å². The van der Waals surface area contributed by atoms with E-state index in [1.165, 1.54) is 6.20 Å². The maximum atomic E-state index is 11.6. The Hall–Kier alpha value is -2.63. The number of carbonyl (C=O) groups excluding carboxylic acids is 1. The standard InChI is InChI=1S/C15H17N3O3/c1-3-20-15(19)12-8-17-13(18-14(12)16)9-21-11-6-4-10(2)5-7-11/h4-8H,3,9H2,1-2H3,(H2,16,17,18). The number of rotatable bonds is 5. The van der Waals surface area contributed by atoms with Gasteiger partial charge in [0.25, 0.3) is 0 Å². The Morgan fingerprint density at radius 3 is 2.62 bits per heavy atom. The fourth-order valence-corrected chi connectivity index (χ4v) is 1.65. The lowest BCUT2D eigenvalue weighted by atomic mass is 10.2. The Bertz CT molecular complexity index is 627. The minimum Gasteiger partial charge on any atom is -0.486 e. The smallest absolute Gasteiger partial charge is 0.343 e. The van der Waals surface area contributed by atoms with Crippen LogP contribution in [0.3, 0.4) is 0 Å². The molecule has 6 heteroatoms. The van der Waals surface area contributed by atoms with Crippen molar-refractivity contribution in [3.8, 4) is 5.75 Å². The number of esters is 1. The Balaban J connectivity index is 2.03. The zero-order valence-corrected chi connectivity index (χ0v) is 12.0. The third-order valence-corrected chi connectivity index (χ3v) is 2.75. The normalized spacial score (nSPS) is 10.2. The van der Waals surface area contributed by atoms with E-state index >= 15 is 0 Å². The van der Waals surface area contributed by atoms with E-state index in [0.717, 1.165) is 11.3 Å². The minimum absolute atomic E-state index is 0.0888. The molecule has 0 aliphatic carbocycles. The van der Waals surface area contributed by atoms with E-state index in [1.807, 2.05) is 31.2 Å². The molecule has 0 saturated heterocycles. The van der Waals surface area contributed by atoms with Crippen molar-refractivity contribution >= 4 is 11.8 Å². The molecule has 0 atom stereocenters. The summed E-state index contributed by atoms with van der Waals surface area (Å²) in [5.74, 6) is 0.685. The van der Waals surface area contributed by atoms with Crippen LogP contribution in [0.2, 0.25) is 0 Å². The summed E-state index contributed by atoms with van der Waals surface area (Å²) in [4.78, 5) is 19.7. The molecule has 21 heavy (non-hydrogen) atoms. The van der Waals surface area contributed by atoms with E-state index in [-0.39, 0.29) is 24.6 Å². The van der Waals surface area contributed by atoms with Gasteiger partial charge in [-0.15, -0.1) is 0 Å². The molecule has 0 aliphatic rings. The van der Waals surface area contributed by atoms with Crippen molar-refractivity contribution in [2.24, 2.45) is 0 Å². The highest BCUT2D eigenvalue weighted by Gasteiger charge is 2.13. The fraction of sp³-hybridized carbons (Fsp3) is 0.267. The Labute approximate surface area is 122 Å². The van der Waals surface area contributed by atoms with Gasteiger partial charge in [0.1, 0.15) is 23.7 Å². The third-order valence-electron chi connectivity index (χ3n) is 2.75. The van der Waals surface area contributed by atoms with E-state index in [4.69, 9.17) is 15.2 Å². The Morgan fingerprint density at radius 1 is 1.29 bits per heavy atom. The number of carbonyl (C=O) groups is 1. The van der Waals surface area contributed by atoms with E-state index in [0.29, 0.717) is 5.82 Å². The van der Waals surface area contributed by atoms with Crippen molar-refractivity contribution in [3.05, 3.63) is 47.4 Å².